The van der Waals surface area contributed by atoms with Crippen LogP contribution in [0.25, 0.3) is 11.4 Å². The lowest BCUT2D eigenvalue weighted by molar-refractivity contribution is 0.0765. The molecule has 2 heterocycles. The monoisotopic (exact) mass is 326 g/mol. The van der Waals surface area contributed by atoms with E-state index in [9.17, 15) is 9.90 Å². The highest BCUT2D eigenvalue weighted by Crippen LogP contribution is 2.22. The van der Waals surface area contributed by atoms with Gasteiger partial charge in [-0.15, -0.1) is 0 Å². The fraction of sp³-hybridized carbons (Fsp3) is 0.389. The van der Waals surface area contributed by atoms with Crippen LogP contribution in [-0.4, -0.2) is 59.2 Å². The van der Waals surface area contributed by atoms with E-state index in [1.54, 1.807) is 17.2 Å². The number of likely N-dealkylation sites (tertiary alicyclic amines) is 1. The molecule has 0 aliphatic carbocycles. The Hall–Kier alpha value is -2.47. The molecule has 1 aromatic carbocycles. The second kappa shape index (κ2) is 6.57. The number of amides is 1. The third-order valence-corrected chi connectivity index (χ3v) is 4.19. The first kappa shape index (κ1) is 16.4. The van der Waals surface area contributed by atoms with Crippen LogP contribution >= 0.6 is 0 Å². The van der Waals surface area contributed by atoms with Crippen LogP contribution in [0.4, 0.5) is 5.82 Å². The van der Waals surface area contributed by atoms with Crippen LogP contribution in [-0.2, 0) is 0 Å². The van der Waals surface area contributed by atoms with E-state index in [0.717, 1.165) is 16.9 Å². The molecule has 1 unspecified atom stereocenters. The normalized spacial score (nSPS) is 17.2. The second-order valence-electron chi connectivity index (χ2n) is 6.37. The molecule has 1 aliphatic heterocycles. The predicted octanol–water partition coefficient (Wildman–Crippen LogP) is 1.72. The summed E-state index contributed by atoms with van der Waals surface area (Å²) in [6, 6.07) is 7.35. The Bertz CT molecular complexity index is 760. The first-order chi connectivity index (χ1) is 11.5. The van der Waals surface area contributed by atoms with Crippen molar-refractivity contribution in [3.63, 3.8) is 0 Å². The highest BCUT2D eigenvalue weighted by molar-refractivity contribution is 5.95. The Kier molecular flexibility index (Phi) is 4.49. The first-order valence-electron chi connectivity index (χ1n) is 8.04. The second-order valence-corrected chi connectivity index (χ2v) is 6.37. The van der Waals surface area contributed by atoms with Gasteiger partial charge in [0.1, 0.15) is 5.82 Å². The van der Waals surface area contributed by atoms with Crippen molar-refractivity contribution in [1.82, 2.24) is 14.9 Å². The number of aliphatic hydroxyl groups excluding tert-OH is 1. The Labute approximate surface area is 141 Å². The molecule has 0 spiro atoms. The van der Waals surface area contributed by atoms with Gasteiger partial charge in [-0.05, 0) is 25.5 Å². The van der Waals surface area contributed by atoms with E-state index in [2.05, 4.69) is 9.97 Å². The van der Waals surface area contributed by atoms with Crippen LogP contribution in [0.2, 0.25) is 0 Å². The maximum atomic E-state index is 12.6. The zero-order chi connectivity index (χ0) is 17.3. The molecule has 1 fully saturated rings. The summed E-state index contributed by atoms with van der Waals surface area (Å²) < 4.78 is 0. The number of aromatic nitrogens is 2. The molecule has 126 valence electrons. The number of rotatable bonds is 3. The molecule has 1 aromatic heterocycles. The summed E-state index contributed by atoms with van der Waals surface area (Å²) in [5.41, 5.74) is 2.41. The van der Waals surface area contributed by atoms with E-state index in [4.69, 9.17) is 0 Å². The van der Waals surface area contributed by atoms with E-state index in [0.29, 0.717) is 30.9 Å². The van der Waals surface area contributed by atoms with Crippen molar-refractivity contribution in [3.8, 4) is 11.4 Å². The summed E-state index contributed by atoms with van der Waals surface area (Å²) in [5, 5.41) is 9.62. The van der Waals surface area contributed by atoms with Crippen molar-refractivity contribution in [2.75, 3.05) is 32.1 Å². The maximum absolute atomic E-state index is 12.6. The molecular formula is C18H22N4O2. The van der Waals surface area contributed by atoms with E-state index < -0.39 is 6.10 Å². The molecule has 0 radical (unpaired) electrons. The van der Waals surface area contributed by atoms with Crippen LogP contribution in [0.15, 0.2) is 30.5 Å². The molecule has 3 rings (SSSR count). The van der Waals surface area contributed by atoms with Gasteiger partial charge < -0.3 is 14.9 Å². The van der Waals surface area contributed by atoms with Crippen molar-refractivity contribution >= 4 is 11.7 Å². The minimum Gasteiger partial charge on any atom is -0.391 e. The number of carbonyl (C=O) groups excluding carboxylic acids is 1. The lowest BCUT2D eigenvalue weighted by atomic mass is 10.1. The summed E-state index contributed by atoms with van der Waals surface area (Å²) in [6.45, 7) is 2.96. The van der Waals surface area contributed by atoms with Crippen LogP contribution in [0.1, 0.15) is 22.3 Å². The van der Waals surface area contributed by atoms with Gasteiger partial charge in [0, 0.05) is 50.1 Å². The van der Waals surface area contributed by atoms with Gasteiger partial charge >= 0.3 is 0 Å². The van der Waals surface area contributed by atoms with Crippen molar-refractivity contribution in [1.29, 1.82) is 0 Å². The summed E-state index contributed by atoms with van der Waals surface area (Å²) in [5.74, 6) is 1.40. The number of β-amino-alcohol motifs (C(OH)–C–C–N with tert-alkyl or cyclic N) is 1. The van der Waals surface area contributed by atoms with Crippen LogP contribution in [0.5, 0.6) is 0 Å². The highest BCUT2D eigenvalue weighted by Gasteiger charge is 2.25. The van der Waals surface area contributed by atoms with Gasteiger partial charge in [0.15, 0.2) is 5.82 Å². The smallest absolute Gasteiger partial charge is 0.253 e. The van der Waals surface area contributed by atoms with Crippen molar-refractivity contribution < 1.29 is 9.90 Å². The highest BCUT2D eigenvalue weighted by atomic mass is 16.3. The van der Waals surface area contributed by atoms with Gasteiger partial charge in [0.05, 0.1) is 6.10 Å². The lowest BCUT2D eigenvalue weighted by Gasteiger charge is -2.17. The largest absolute Gasteiger partial charge is 0.391 e. The van der Waals surface area contributed by atoms with Crippen molar-refractivity contribution in [2.45, 2.75) is 19.4 Å². The molecule has 0 bridgehead atoms. The number of hydrogen-bond acceptors (Lipinski definition) is 5. The number of carbonyl (C=O) groups is 1. The summed E-state index contributed by atoms with van der Waals surface area (Å²) in [6.07, 6.45) is 2.02. The molecule has 2 aromatic rings. The Morgan fingerprint density at radius 3 is 2.83 bits per heavy atom. The quantitative estimate of drug-likeness (QED) is 0.930. The van der Waals surface area contributed by atoms with Gasteiger partial charge in [0.2, 0.25) is 0 Å². The average Bonchev–Trinajstić information content (AvgIpc) is 3.01. The summed E-state index contributed by atoms with van der Waals surface area (Å²) in [7, 11) is 3.88. The lowest BCUT2D eigenvalue weighted by Crippen LogP contribution is -2.29. The van der Waals surface area contributed by atoms with Gasteiger partial charge in [-0.25, -0.2) is 9.97 Å². The predicted molar refractivity (Wildman–Crippen MR) is 93.1 cm³/mol. The molecule has 1 aliphatic rings. The number of nitrogens with zero attached hydrogens (tertiary/aromatic N) is 4. The molecule has 0 saturated carbocycles. The third-order valence-electron chi connectivity index (χ3n) is 4.19. The van der Waals surface area contributed by atoms with Gasteiger partial charge in [-0.3, -0.25) is 4.79 Å². The first-order valence-corrected chi connectivity index (χ1v) is 8.04. The molecule has 1 saturated heterocycles. The molecule has 1 N–H and O–H groups in total. The Balaban J connectivity index is 1.91. The van der Waals surface area contributed by atoms with Crippen LogP contribution < -0.4 is 4.90 Å². The maximum Gasteiger partial charge on any atom is 0.253 e. The number of hydrogen-bond donors (Lipinski definition) is 1. The fourth-order valence-electron chi connectivity index (χ4n) is 2.93. The standard InChI is InChI=1S/C18H22N4O2/c1-12-10-19-16(20-17(12)21(2)3)13-5-4-6-14(9-13)18(24)22-8-7-15(23)11-22/h4-6,9-10,15,23H,7-8,11H2,1-3H3. The van der Waals surface area contributed by atoms with Gasteiger partial charge in [-0.2, -0.15) is 0 Å². The Morgan fingerprint density at radius 1 is 1.38 bits per heavy atom. The van der Waals surface area contributed by atoms with Crippen LogP contribution in [0.3, 0.4) is 0 Å². The molecule has 1 amide bonds. The third kappa shape index (κ3) is 3.23. The summed E-state index contributed by atoms with van der Waals surface area (Å²) in [4.78, 5) is 25.2. The number of anilines is 1. The van der Waals surface area contributed by atoms with E-state index >= 15 is 0 Å². The zero-order valence-electron chi connectivity index (χ0n) is 14.2. The Morgan fingerprint density at radius 2 is 2.17 bits per heavy atom. The van der Waals surface area contributed by atoms with E-state index in [-0.39, 0.29) is 5.91 Å². The van der Waals surface area contributed by atoms with E-state index in [1.807, 2.05) is 44.1 Å². The molecule has 24 heavy (non-hydrogen) atoms. The van der Waals surface area contributed by atoms with Crippen molar-refractivity contribution in [2.24, 2.45) is 0 Å². The minimum absolute atomic E-state index is 0.0617. The summed E-state index contributed by atoms with van der Waals surface area (Å²) >= 11 is 0. The topological polar surface area (TPSA) is 69.6 Å². The fourth-order valence-corrected chi connectivity index (χ4v) is 2.93. The van der Waals surface area contributed by atoms with Crippen LogP contribution in [0, 0.1) is 6.92 Å². The SMILES string of the molecule is Cc1cnc(-c2cccc(C(=O)N3CCC(O)C3)c2)nc1N(C)C. The molecule has 6 nitrogen and oxygen atoms in total. The molecule has 1 atom stereocenters. The van der Waals surface area contributed by atoms with Gasteiger partial charge in [0.25, 0.3) is 5.91 Å². The number of aliphatic hydroxyl groups is 1. The van der Waals surface area contributed by atoms with Crippen molar-refractivity contribution in [3.05, 3.63) is 41.6 Å². The number of benzene rings is 1. The average molecular weight is 326 g/mol. The van der Waals surface area contributed by atoms with Gasteiger partial charge in [-0.1, -0.05) is 12.1 Å². The minimum atomic E-state index is -0.416. The molecular weight excluding hydrogens is 304 g/mol. The van der Waals surface area contributed by atoms with E-state index in [1.165, 1.54) is 0 Å². The zero-order valence-corrected chi connectivity index (χ0v) is 14.2. The number of aryl methyl sites for hydroxylation is 1. The molecule has 6 heteroatoms.